The SMILES string of the molecule is COC(=O)[C@H](COCc1ccccc1)N(C)C(=O)CC[C@H](NCc1cc(Oc2ccccc2)ncc1N)C(C)C. The van der Waals surface area contributed by atoms with E-state index in [4.69, 9.17) is 19.9 Å². The van der Waals surface area contributed by atoms with Crippen molar-refractivity contribution in [3.05, 3.63) is 84.1 Å². The molecule has 0 fully saturated rings. The summed E-state index contributed by atoms with van der Waals surface area (Å²) in [6.45, 7) is 5.07. The average Bonchev–Trinajstić information content (AvgIpc) is 2.96. The van der Waals surface area contributed by atoms with Gasteiger partial charge in [0.2, 0.25) is 11.8 Å². The van der Waals surface area contributed by atoms with Gasteiger partial charge >= 0.3 is 5.97 Å². The lowest BCUT2D eigenvalue weighted by Gasteiger charge is -2.28. The molecule has 2 aromatic carbocycles. The summed E-state index contributed by atoms with van der Waals surface area (Å²) in [5.74, 6) is 0.736. The van der Waals surface area contributed by atoms with Crippen LogP contribution < -0.4 is 15.8 Å². The Bertz CT molecular complexity index is 1210. The Morgan fingerprint density at radius 1 is 1.05 bits per heavy atom. The molecule has 0 radical (unpaired) electrons. The third kappa shape index (κ3) is 9.36. The summed E-state index contributed by atoms with van der Waals surface area (Å²) < 4.78 is 16.5. The summed E-state index contributed by atoms with van der Waals surface area (Å²) in [7, 11) is 2.92. The van der Waals surface area contributed by atoms with E-state index in [1.54, 1.807) is 13.2 Å². The molecule has 1 aromatic heterocycles. The molecule has 40 heavy (non-hydrogen) atoms. The standard InChI is InChI=1S/C31H40N4O5/c1-22(2)27(33-18-24-17-29(34-19-26(24)32)40-25-13-9-6-10-14-25)15-16-30(36)35(3)28(31(37)38-4)21-39-20-23-11-7-5-8-12-23/h5-14,17,19,22,27-28,33H,15-16,18,20-21,32H2,1-4H3/t27-,28-/m0/s1. The van der Waals surface area contributed by atoms with Crippen molar-refractivity contribution < 1.29 is 23.8 Å². The monoisotopic (exact) mass is 548 g/mol. The summed E-state index contributed by atoms with van der Waals surface area (Å²) in [5.41, 5.74) is 8.59. The lowest BCUT2D eigenvalue weighted by Crippen LogP contribution is -2.46. The predicted molar refractivity (Wildman–Crippen MR) is 155 cm³/mol. The van der Waals surface area contributed by atoms with Crippen molar-refractivity contribution >= 4 is 17.6 Å². The highest BCUT2D eigenvalue weighted by Crippen LogP contribution is 2.23. The van der Waals surface area contributed by atoms with Gasteiger partial charge < -0.3 is 30.2 Å². The first-order chi connectivity index (χ1) is 19.3. The van der Waals surface area contributed by atoms with E-state index < -0.39 is 12.0 Å². The molecule has 0 saturated heterocycles. The maximum Gasteiger partial charge on any atom is 0.330 e. The van der Waals surface area contributed by atoms with E-state index in [2.05, 4.69) is 24.1 Å². The van der Waals surface area contributed by atoms with E-state index >= 15 is 0 Å². The fourth-order valence-corrected chi connectivity index (χ4v) is 4.18. The Morgan fingerprint density at radius 2 is 1.73 bits per heavy atom. The molecule has 0 aliphatic carbocycles. The summed E-state index contributed by atoms with van der Waals surface area (Å²) in [5, 5.41) is 3.53. The fourth-order valence-electron chi connectivity index (χ4n) is 4.18. The van der Waals surface area contributed by atoms with Crippen LogP contribution in [0.3, 0.4) is 0 Å². The number of nitrogen functional groups attached to an aromatic ring is 1. The number of nitrogens with zero attached hydrogens (tertiary/aromatic N) is 2. The molecular weight excluding hydrogens is 508 g/mol. The highest BCUT2D eigenvalue weighted by molar-refractivity contribution is 5.84. The number of likely N-dealkylation sites (N-methyl/N-ethyl adjacent to an activating group) is 1. The molecule has 3 aromatic rings. The number of hydrogen-bond acceptors (Lipinski definition) is 8. The van der Waals surface area contributed by atoms with Gasteiger partial charge in [0.25, 0.3) is 0 Å². The van der Waals surface area contributed by atoms with Crippen LogP contribution >= 0.6 is 0 Å². The number of ether oxygens (including phenoxy) is 3. The number of aromatic nitrogens is 1. The summed E-state index contributed by atoms with van der Waals surface area (Å²) in [6, 6.07) is 20.1. The fraction of sp³-hybridized carbons (Fsp3) is 0.387. The van der Waals surface area contributed by atoms with Gasteiger partial charge in [-0.15, -0.1) is 0 Å². The van der Waals surface area contributed by atoms with Crippen LogP contribution in [0.1, 0.15) is 37.8 Å². The van der Waals surface area contributed by atoms with Gasteiger partial charge in [0.15, 0.2) is 6.04 Å². The van der Waals surface area contributed by atoms with Crippen LogP contribution in [-0.4, -0.2) is 54.6 Å². The molecule has 0 aliphatic heterocycles. The van der Waals surface area contributed by atoms with Crippen LogP contribution in [0, 0.1) is 5.92 Å². The number of nitrogens with two attached hydrogens (primary N) is 1. The normalized spacial score (nSPS) is 12.5. The van der Waals surface area contributed by atoms with Crippen LogP contribution in [-0.2, 0) is 32.2 Å². The zero-order valence-electron chi connectivity index (χ0n) is 23.7. The van der Waals surface area contributed by atoms with Gasteiger partial charge in [-0.3, -0.25) is 4.79 Å². The highest BCUT2D eigenvalue weighted by Gasteiger charge is 2.28. The number of para-hydroxylation sites is 1. The molecule has 2 atom stereocenters. The quantitative estimate of drug-likeness (QED) is 0.266. The smallest absolute Gasteiger partial charge is 0.330 e. The number of nitrogens with one attached hydrogen (secondary N) is 1. The van der Waals surface area contributed by atoms with E-state index in [0.717, 1.165) is 11.1 Å². The Hall–Kier alpha value is -3.95. The molecule has 3 N–H and O–H groups in total. The Kier molecular flexibility index (Phi) is 11.9. The molecule has 214 valence electrons. The second kappa shape index (κ2) is 15.6. The summed E-state index contributed by atoms with van der Waals surface area (Å²) in [4.78, 5) is 31.2. The summed E-state index contributed by atoms with van der Waals surface area (Å²) in [6.07, 6.45) is 2.43. The Labute approximate surface area is 236 Å². The van der Waals surface area contributed by atoms with Crippen molar-refractivity contribution in [3.8, 4) is 11.6 Å². The van der Waals surface area contributed by atoms with Crippen LogP contribution in [0.5, 0.6) is 11.6 Å². The number of carbonyl (C=O) groups is 2. The van der Waals surface area contributed by atoms with Crippen molar-refractivity contribution in [1.82, 2.24) is 15.2 Å². The topological polar surface area (TPSA) is 116 Å². The number of hydrogen-bond donors (Lipinski definition) is 2. The number of anilines is 1. The second-order valence-corrected chi connectivity index (χ2v) is 9.95. The molecular formula is C31H40N4O5. The van der Waals surface area contributed by atoms with Gasteiger partial charge in [-0.1, -0.05) is 62.4 Å². The number of esters is 1. The molecule has 1 amide bonds. The number of rotatable bonds is 15. The molecule has 9 heteroatoms. The minimum Gasteiger partial charge on any atom is -0.467 e. The van der Waals surface area contributed by atoms with E-state index in [-0.39, 0.29) is 30.9 Å². The van der Waals surface area contributed by atoms with E-state index in [0.29, 0.717) is 36.9 Å². The zero-order valence-corrected chi connectivity index (χ0v) is 23.7. The Balaban J connectivity index is 1.55. The first kappa shape index (κ1) is 30.6. The van der Waals surface area contributed by atoms with Crippen molar-refractivity contribution in [1.29, 1.82) is 0 Å². The van der Waals surface area contributed by atoms with Gasteiger partial charge in [0.1, 0.15) is 5.75 Å². The number of benzene rings is 2. The molecule has 3 rings (SSSR count). The number of amides is 1. The zero-order chi connectivity index (χ0) is 28.9. The van der Waals surface area contributed by atoms with Gasteiger partial charge in [0, 0.05) is 32.1 Å². The van der Waals surface area contributed by atoms with Crippen molar-refractivity contribution in [2.45, 2.75) is 51.9 Å². The average molecular weight is 549 g/mol. The van der Waals surface area contributed by atoms with E-state index in [1.165, 1.54) is 12.0 Å². The number of carbonyl (C=O) groups excluding carboxylic acids is 2. The third-order valence-electron chi connectivity index (χ3n) is 6.72. The van der Waals surface area contributed by atoms with E-state index in [1.807, 2.05) is 66.7 Å². The first-order valence-corrected chi connectivity index (χ1v) is 13.4. The van der Waals surface area contributed by atoms with Crippen molar-refractivity contribution in [2.24, 2.45) is 5.92 Å². The van der Waals surface area contributed by atoms with Crippen molar-refractivity contribution in [2.75, 3.05) is 26.5 Å². The summed E-state index contributed by atoms with van der Waals surface area (Å²) >= 11 is 0. The van der Waals surface area contributed by atoms with Gasteiger partial charge in [-0.2, -0.15) is 0 Å². The maximum atomic E-state index is 13.1. The highest BCUT2D eigenvalue weighted by atomic mass is 16.5. The van der Waals surface area contributed by atoms with Gasteiger partial charge in [-0.05, 0) is 35.6 Å². The van der Waals surface area contributed by atoms with Crippen molar-refractivity contribution in [3.63, 3.8) is 0 Å². The molecule has 0 bridgehead atoms. The van der Waals surface area contributed by atoms with Crippen LogP contribution in [0.2, 0.25) is 0 Å². The number of pyridine rings is 1. The third-order valence-corrected chi connectivity index (χ3v) is 6.72. The predicted octanol–water partition coefficient (Wildman–Crippen LogP) is 4.57. The maximum absolute atomic E-state index is 13.1. The second-order valence-electron chi connectivity index (χ2n) is 9.95. The Morgan fingerprint density at radius 3 is 2.38 bits per heavy atom. The minimum atomic E-state index is -0.827. The minimum absolute atomic E-state index is 0.0364. The van der Waals surface area contributed by atoms with Gasteiger partial charge in [-0.25, -0.2) is 9.78 Å². The molecule has 0 saturated carbocycles. The van der Waals surface area contributed by atoms with Crippen LogP contribution in [0.4, 0.5) is 5.69 Å². The van der Waals surface area contributed by atoms with Gasteiger partial charge in [0.05, 0.1) is 32.2 Å². The number of methoxy groups -OCH3 is 1. The lowest BCUT2D eigenvalue weighted by atomic mass is 9.98. The van der Waals surface area contributed by atoms with E-state index in [9.17, 15) is 9.59 Å². The van der Waals surface area contributed by atoms with Crippen LogP contribution in [0.15, 0.2) is 72.9 Å². The first-order valence-electron chi connectivity index (χ1n) is 13.4. The molecule has 0 unspecified atom stereocenters. The molecule has 0 aliphatic rings. The molecule has 9 nitrogen and oxygen atoms in total. The lowest BCUT2D eigenvalue weighted by molar-refractivity contribution is -0.154. The molecule has 0 spiro atoms. The molecule has 1 heterocycles. The largest absolute Gasteiger partial charge is 0.467 e. The van der Waals surface area contributed by atoms with Crippen LogP contribution in [0.25, 0.3) is 0 Å².